The minimum absolute atomic E-state index is 0.129. The Labute approximate surface area is 86.4 Å². The lowest BCUT2D eigenvalue weighted by Crippen LogP contribution is -2.11. The molecule has 0 amide bonds. The summed E-state index contributed by atoms with van der Waals surface area (Å²) >= 11 is 0. The second kappa shape index (κ2) is 3.31. The molecule has 0 saturated carbocycles. The fourth-order valence-electron chi connectivity index (χ4n) is 1.56. The van der Waals surface area contributed by atoms with E-state index in [0.29, 0.717) is 10.9 Å². The molecule has 0 saturated heterocycles. The van der Waals surface area contributed by atoms with Crippen LogP contribution in [0.25, 0.3) is 10.9 Å². The van der Waals surface area contributed by atoms with Gasteiger partial charge in [0.15, 0.2) is 5.75 Å². The number of fused-ring (bicyclic) bond motifs is 1. The van der Waals surface area contributed by atoms with Gasteiger partial charge in [-0.05, 0) is 24.1 Å². The monoisotopic (exact) mass is 204 g/mol. The number of nitrogen functional groups attached to an aromatic ring is 1. The molecule has 2 rings (SSSR count). The molecule has 0 fully saturated rings. The lowest BCUT2D eigenvalue weighted by atomic mass is 10.1. The molecule has 0 bridgehead atoms. The second-order valence-corrected chi connectivity index (χ2v) is 3.45. The normalized spacial score (nSPS) is 10.7. The number of pyridine rings is 1. The molecular formula is C11H12N2O2. The Hall–Kier alpha value is -1.97. The summed E-state index contributed by atoms with van der Waals surface area (Å²) in [7, 11) is 0. The molecule has 0 atom stereocenters. The SMILES string of the molecule is CCc1ccc2[nH]c(=O)c(N)c(O)c2c1. The number of hydrogen-bond acceptors (Lipinski definition) is 3. The number of nitrogens with two attached hydrogens (primary N) is 1. The van der Waals surface area contributed by atoms with Gasteiger partial charge in [-0.2, -0.15) is 0 Å². The van der Waals surface area contributed by atoms with Crippen molar-refractivity contribution in [2.75, 3.05) is 5.73 Å². The Kier molecular flexibility index (Phi) is 2.11. The van der Waals surface area contributed by atoms with E-state index in [1.165, 1.54) is 0 Å². The first-order valence-corrected chi connectivity index (χ1v) is 4.77. The zero-order chi connectivity index (χ0) is 11.0. The molecule has 0 radical (unpaired) electrons. The van der Waals surface area contributed by atoms with Crippen LogP contribution in [0.15, 0.2) is 23.0 Å². The topological polar surface area (TPSA) is 79.1 Å². The summed E-state index contributed by atoms with van der Waals surface area (Å²) in [5.74, 6) is -0.135. The maximum atomic E-state index is 11.3. The summed E-state index contributed by atoms with van der Waals surface area (Å²) < 4.78 is 0. The van der Waals surface area contributed by atoms with Crippen molar-refractivity contribution in [1.82, 2.24) is 4.98 Å². The van der Waals surface area contributed by atoms with E-state index < -0.39 is 5.56 Å². The zero-order valence-corrected chi connectivity index (χ0v) is 8.37. The first-order chi connectivity index (χ1) is 7.13. The van der Waals surface area contributed by atoms with Gasteiger partial charge in [-0.1, -0.05) is 13.0 Å². The average Bonchev–Trinajstić information content (AvgIpc) is 2.26. The van der Waals surface area contributed by atoms with E-state index in [0.717, 1.165) is 12.0 Å². The molecule has 1 aromatic heterocycles. The van der Waals surface area contributed by atoms with Crippen LogP contribution < -0.4 is 11.3 Å². The van der Waals surface area contributed by atoms with E-state index in [2.05, 4.69) is 4.98 Å². The minimum atomic E-state index is -0.454. The molecule has 1 heterocycles. The van der Waals surface area contributed by atoms with E-state index in [1.807, 2.05) is 19.1 Å². The quantitative estimate of drug-likeness (QED) is 0.656. The lowest BCUT2D eigenvalue weighted by molar-refractivity contribution is 0.483. The molecule has 0 spiro atoms. The van der Waals surface area contributed by atoms with Gasteiger partial charge in [-0.25, -0.2) is 0 Å². The van der Waals surface area contributed by atoms with Crippen molar-refractivity contribution in [3.05, 3.63) is 34.1 Å². The lowest BCUT2D eigenvalue weighted by Gasteiger charge is -2.05. The molecule has 1 aromatic carbocycles. The van der Waals surface area contributed by atoms with Gasteiger partial charge in [-0.15, -0.1) is 0 Å². The number of rotatable bonds is 1. The highest BCUT2D eigenvalue weighted by Crippen LogP contribution is 2.26. The van der Waals surface area contributed by atoms with Crippen LogP contribution in [0.3, 0.4) is 0 Å². The van der Waals surface area contributed by atoms with Gasteiger partial charge in [0.2, 0.25) is 0 Å². The maximum Gasteiger partial charge on any atom is 0.275 e. The van der Waals surface area contributed by atoms with Gasteiger partial charge in [0.25, 0.3) is 5.56 Å². The van der Waals surface area contributed by atoms with Gasteiger partial charge in [0.05, 0.1) is 5.52 Å². The van der Waals surface area contributed by atoms with Gasteiger partial charge in [0.1, 0.15) is 5.69 Å². The van der Waals surface area contributed by atoms with Crippen LogP contribution in [0.1, 0.15) is 12.5 Å². The second-order valence-electron chi connectivity index (χ2n) is 3.45. The van der Waals surface area contributed by atoms with E-state index >= 15 is 0 Å². The highest BCUT2D eigenvalue weighted by molar-refractivity contribution is 5.89. The molecule has 15 heavy (non-hydrogen) atoms. The van der Waals surface area contributed by atoms with Gasteiger partial charge < -0.3 is 15.8 Å². The first-order valence-electron chi connectivity index (χ1n) is 4.77. The predicted octanol–water partition coefficient (Wildman–Crippen LogP) is 1.38. The number of aromatic amines is 1. The molecule has 4 heteroatoms. The largest absolute Gasteiger partial charge is 0.505 e. The van der Waals surface area contributed by atoms with Crippen LogP contribution in [0.5, 0.6) is 5.75 Å². The van der Waals surface area contributed by atoms with Gasteiger partial charge in [0, 0.05) is 5.39 Å². The fourth-order valence-corrected chi connectivity index (χ4v) is 1.56. The van der Waals surface area contributed by atoms with Crippen molar-refractivity contribution in [1.29, 1.82) is 0 Å². The van der Waals surface area contributed by atoms with Crippen molar-refractivity contribution >= 4 is 16.6 Å². The van der Waals surface area contributed by atoms with Crippen molar-refractivity contribution in [2.24, 2.45) is 0 Å². The van der Waals surface area contributed by atoms with E-state index in [1.54, 1.807) is 6.07 Å². The summed E-state index contributed by atoms with van der Waals surface area (Å²) in [5.41, 5.74) is 6.55. The Balaban J connectivity index is 2.87. The summed E-state index contributed by atoms with van der Waals surface area (Å²) in [6.07, 6.45) is 0.869. The molecule has 2 aromatic rings. The van der Waals surface area contributed by atoms with Crippen LogP contribution in [0, 0.1) is 0 Å². The number of anilines is 1. The standard InChI is InChI=1S/C11H12N2O2/c1-2-6-3-4-8-7(5-6)10(14)9(12)11(15)13-8/h3-5H,2,12H2,1H3,(H2,13,14,15). The highest BCUT2D eigenvalue weighted by Gasteiger charge is 2.08. The fraction of sp³-hybridized carbons (Fsp3) is 0.182. The van der Waals surface area contributed by atoms with E-state index in [4.69, 9.17) is 5.73 Å². The number of aryl methyl sites for hydroxylation is 1. The summed E-state index contributed by atoms with van der Waals surface area (Å²) in [5, 5.41) is 10.3. The summed E-state index contributed by atoms with van der Waals surface area (Å²) in [6.45, 7) is 2.02. The number of hydrogen-bond donors (Lipinski definition) is 3. The van der Waals surface area contributed by atoms with Crippen LogP contribution in [-0.4, -0.2) is 10.1 Å². The van der Waals surface area contributed by atoms with Crippen LogP contribution in [-0.2, 0) is 6.42 Å². The molecule has 4 nitrogen and oxygen atoms in total. The molecule has 0 aliphatic heterocycles. The predicted molar refractivity (Wildman–Crippen MR) is 60.0 cm³/mol. The molecular weight excluding hydrogens is 192 g/mol. The number of benzene rings is 1. The Morgan fingerprint density at radius 2 is 2.20 bits per heavy atom. The molecule has 0 unspecified atom stereocenters. The van der Waals surface area contributed by atoms with E-state index in [9.17, 15) is 9.90 Å². The third-order valence-corrected chi connectivity index (χ3v) is 2.50. The third-order valence-electron chi connectivity index (χ3n) is 2.50. The molecule has 0 aliphatic rings. The minimum Gasteiger partial charge on any atom is -0.505 e. The summed E-state index contributed by atoms with van der Waals surface area (Å²) in [6, 6.07) is 5.51. The zero-order valence-electron chi connectivity index (χ0n) is 8.37. The smallest absolute Gasteiger partial charge is 0.275 e. The Bertz CT molecular complexity index is 573. The maximum absolute atomic E-state index is 11.3. The highest BCUT2D eigenvalue weighted by atomic mass is 16.3. The van der Waals surface area contributed by atoms with Crippen LogP contribution in [0.2, 0.25) is 0 Å². The van der Waals surface area contributed by atoms with Crippen LogP contribution >= 0.6 is 0 Å². The number of nitrogens with one attached hydrogen (secondary N) is 1. The molecule has 0 aliphatic carbocycles. The number of aromatic hydroxyl groups is 1. The first kappa shape index (κ1) is 9.58. The third kappa shape index (κ3) is 1.44. The van der Waals surface area contributed by atoms with Crippen molar-refractivity contribution in [3.63, 3.8) is 0 Å². The molecule has 78 valence electrons. The van der Waals surface area contributed by atoms with Crippen molar-refractivity contribution in [3.8, 4) is 5.75 Å². The Morgan fingerprint density at radius 1 is 1.47 bits per heavy atom. The van der Waals surface area contributed by atoms with Crippen molar-refractivity contribution in [2.45, 2.75) is 13.3 Å². The average molecular weight is 204 g/mol. The number of H-pyrrole nitrogens is 1. The Morgan fingerprint density at radius 3 is 2.87 bits per heavy atom. The van der Waals surface area contributed by atoms with E-state index in [-0.39, 0.29) is 11.4 Å². The van der Waals surface area contributed by atoms with Gasteiger partial charge >= 0.3 is 0 Å². The summed E-state index contributed by atoms with van der Waals surface area (Å²) in [4.78, 5) is 13.9. The van der Waals surface area contributed by atoms with Gasteiger partial charge in [-0.3, -0.25) is 4.79 Å². The molecule has 4 N–H and O–H groups in total. The van der Waals surface area contributed by atoms with Crippen molar-refractivity contribution < 1.29 is 5.11 Å². The number of aromatic nitrogens is 1. The van der Waals surface area contributed by atoms with Crippen LogP contribution in [0.4, 0.5) is 5.69 Å².